The molecule has 0 fully saturated rings. The van der Waals surface area contributed by atoms with Gasteiger partial charge in [-0.15, -0.1) is 0 Å². The van der Waals surface area contributed by atoms with E-state index in [1.807, 2.05) is 37.5 Å². The van der Waals surface area contributed by atoms with Crippen molar-refractivity contribution in [2.75, 3.05) is 38.8 Å². The molecule has 9 heteroatoms. The molecule has 0 aliphatic carbocycles. The number of hydrogen-bond acceptors (Lipinski definition) is 8. The molecule has 2 heterocycles. The molecule has 0 aliphatic rings. The Kier molecular flexibility index (Phi) is 7.75. The van der Waals surface area contributed by atoms with Gasteiger partial charge in [0.2, 0.25) is 0 Å². The van der Waals surface area contributed by atoms with Crippen LogP contribution in [-0.4, -0.2) is 53.6 Å². The van der Waals surface area contributed by atoms with Gasteiger partial charge in [0.05, 0.1) is 49.4 Å². The van der Waals surface area contributed by atoms with Crippen LogP contribution in [0.5, 0.6) is 11.5 Å². The van der Waals surface area contributed by atoms with Crippen LogP contribution in [-0.2, 0) is 7.05 Å². The molecule has 0 amide bonds. The zero-order valence-corrected chi connectivity index (χ0v) is 20.2. The van der Waals surface area contributed by atoms with Crippen molar-refractivity contribution >= 4 is 22.4 Å². The molecule has 1 N–H and O–H groups in total. The molecule has 0 unspecified atom stereocenters. The highest BCUT2D eigenvalue weighted by molar-refractivity contribution is 5.82. The molecule has 180 valence electrons. The van der Waals surface area contributed by atoms with Crippen LogP contribution in [0.2, 0.25) is 0 Å². The standard InChI is InChI=1S/C26H29N7O2/c1-32-18-19(16-30-32)26-17-29-24-7-6-20(14-25(24)31-26)33(11-5-10-28-9-4-8-27)21-12-22(34-2)15-23(13-21)35-3/h6-7,12-18,28H,4-5,9-11H2,1-3H3. The third-order valence-corrected chi connectivity index (χ3v) is 5.63. The SMILES string of the molecule is COc1cc(OC)cc(N(CCCNCCC#N)c2ccc3ncc(-c4cnn(C)c4)nc3c2)c1. The van der Waals surface area contributed by atoms with Gasteiger partial charge in [0.15, 0.2) is 0 Å². The molecule has 0 spiro atoms. The molecule has 0 saturated heterocycles. The number of methoxy groups -OCH3 is 2. The first-order valence-corrected chi connectivity index (χ1v) is 11.5. The van der Waals surface area contributed by atoms with Crippen LogP contribution in [0.4, 0.5) is 11.4 Å². The molecule has 0 radical (unpaired) electrons. The second-order valence-corrected chi connectivity index (χ2v) is 8.07. The summed E-state index contributed by atoms with van der Waals surface area (Å²) in [6.45, 7) is 2.24. The Morgan fingerprint density at radius 3 is 2.49 bits per heavy atom. The summed E-state index contributed by atoms with van der Waals surface area (Å²) >= 11 is 0. The van der Waals surface area contributed by atoms with Crippen LogP contribution < -0.4 is 19.7 Å². The van der Waals surface area contributed by atoms with E-state index in [4.69, 9.17) is 19.7 Å². The van der Waals surface area contributed by atoms with Gasteiger partial charge in [-0.05, 0) is 31.2 Å². The van der Waals surface area contributed by atoms with E-state index in [0.29, 0.717) is 13.0 Å². The van der Waals surface area contributed by atoms with E-state index in [9.17, 15) is 0 Å². The van der Waals surface area contributed by atoms with Gasteiger partial charge in [0, 0.05) is 67.9 Å². The normalized spacial score (nSPS) is 10.8. The number of ether oxygens (including phenoxy) is 2. The first-order chi connectivity index (χ1) is 17.1. The van der Waals surface area contributed by atoms with Crippen molar-refractivity contribution in [3.8, 4) is 28.8 Å². The maximum Gasteiger partial charge on any atom is 0.124 e. The Labute approximate surface area is 204 Å². The van der Waals surface area contributed by atoms with E-state index >= 15 is 0 Å². The molecule has 0 saturated carbocycles. The van der Waals surface area contributed by atoms with Crippen molar-refractivity contribution in [3.63, 3.8) is 0 Å². The zero-order valence-electron chi connectivity index (χ0n) is 20.2. The van der Waals surface area contributed by atoms with Crippen molar-refractivity contribution in [2.45, 2.75) is 12.8 Å². The molecular formula is C26H29N7O2. The highest BCUT2D eigenvalue weighted by Crippen LogP contribution is 2.34. The Morgan fingerprint density at radius 2 is 1.80 bits per heavy atom. The van der Waals surface area contributed by atoms with Gasteiger partial charge in [0.25, 0.3) is 0 Å². The summed E-state index contributed by atoms with van der Waals surface area (Å²) in [6.07, 6.45) is 6.86. The molecule has 35 heavy (non-hydrogen) atoms. The third kappa shape index (κ3) is 5.86. The minimum atomic E-state index is 0.499. The van der Waals surface area contributed by atoms with Gasteiger partial charge in [-0.1, -0.05) is 0 Å². The molecular weight excluding hydrogens is 442 g/mol. The summed E-state index contributed by atoms with van der Waals surface area (Å²) in [4.78, 5) is 11.7. The van der Waals surface area contributed by atoms with Crippen LogP contribution in [0.15, 0.2) is 55.0 Å². The first kappa shape index (κ1) is 24.0. The predicted octanol–water partition coefficient (Wildman–Crippen LogP) is 4.08. The van der Waals surface area contributed by atoms with E-state index in [-0.39, 0.29) is 0 Å². The van der Waals surface area contributed by atoms with Gasteiger partial charge in [-0.25, -0.2) is 4.98 Å². The Bertz CT molecular complexity index is 1310. The predicted molar refractivity (Wildman–Crippen MR) is 136 cm³/mol. The van der Waals surface area contributed by atoms with Crippen molar-refractivity contribution in [3.05, 3.63) is 55.0 Å². The van der Waals surface area contributed by atoms with E-state index < -0.39 is 0 Å². The smallest absolute Gasteiger partial charge is 0.124 e. The number of rotatable bonds is 11. The fourth-order valence-electron chi connectivity index (χ4n) is 3.85. The molecule has 0 aliphatic heterocycles. The Morgan fingerprint density at radius 1 is 1.00 bits per heavy atom. The summed E-state index contributed by atoms with van der Waals surface area (Å²) in [5, 5.41) is 16.3. The van der Waals surface area contributed by atoms with Crippen molar-refractivity contribution < 1.29 is 9.47 Å². The van der Waals surface area contributed by atoms with E-state index in [1.165, 1.54) is 0 Å². The van der Waals surface area contributed by atoms with Gasteiger partial charge in [-0.3, -0.25) is 9.67 Å². The maximum absolute atomic E-state index is 8.75. The van der Waals surface area contributed by atoms with Gasteiger partial charge in [0.1, 0.15) is 11.5 Å². The summed E-state index contributed by atoms with van der Waals surface area (Å²) in [7, 11) is 5.17. The lowest BCUT2D eigenvalue weighted by molar-refractivity contribution is 0.394. The van der Waals surface area contributed by atoms with Crippen molar-refractivity contribution in [2.24, 2.45) is 7.05 Å². The fraction of sp³-hybridized carbons (Fsp3) is 0.308. The molecule has 0 atom stereocenters. The second-order valence-electron chi connectivity index (χ2n) is 8.07. The number of fused-ring (bicyclic) bond motifs is 1. The molecule has 2 aromatic carbocycles. The summed E-state index contributed by atoms with van der Waals surface area (Å²) in [5.74, 6) is 1.44. The number of benzene rings is 2. The lowest BCUT2D eigenvalue weighted by atomic mass is 10.1. The number of anilines is 2. The van der Waals surface area contributed by atoms with E-state index in [1.54, 1.807) is 31.3 Å². The Balaban J connectivity index is 1.68. The molecule has 9 nitrogen and oxygen atoms in total. The first-order valence-electron chi connectivity index (χ1n) is 11.5. The van der Waals surface area contributed by atoms with Crippen molar-refractivity contribution in [1.29, 1.82) is 5.26 Å². The van der Waals surface area contributed by atoms with Gasteiger partial charge < -0.3 is 19.7 Å². The van der Waals surface area contributed by atoms with E-state index in [0.717, 1.165) is 64.7 Å². The third-order valence-electron chi connectivity index (χ3n) is 5.63. The van der Waals surface area contributed by atoms with Crippen LogP contribution >= 0.6 is 0 Å². The zero-order chi connectivity index (χ0) is 24.6. The number of hydrogen-bond donors (Lipinski definition) is 1. The number of nitrogens with one attached hydrogen (secondary N) is 1. The average molecular weight is 472 g/mol. The monoisotopic (exact) mass is 471 g/mol. The minimum Gasteiger partial charge on any atom is -0.497 e. The lowest BCUT2D eigenvalue weighted by Gasteiger charge is -2.26. The fourth-order valence-corrected chi connectivity index (χ4v) is 3.85. The highest BCUT2D eigenvalue weighted by Gasteiger charge is 2.14. The van der Waals surface area contributed by atoms with Crippen LogP contribution in [0.25, 0.3) is 22.3 Å². The largest absolute Gasteiger partial charge is 0.497 e. The number of nitrogens with zero attached hydrogens (tertiary/aromatic N) is 6. The van der Waals surface area contributed by atoms with Crippen molar-refractivity contribution in [1.82, 2.24) is 25.1 Å². The molecule has 0 bridgehead atoms. The van der Waals surface area contributed by atoms with Gasteiger partial charge >= 0.3 is 0 Å². The van der Waals surface area contributed by atoms with Crippen LogP contribution in [0.1, 0.15) is 12.8 Å². The van der Waals surface area contributed by atoms with Crippen LogP contribution in [0.3, 0.4) is 0 Å². The minimum absolute atomic E-state index is 0.499. The highest BCUT2D eigenvalue weighted by atomic mass is 16.5. The summed E-state index contributed by atoms with van der Waals surface area (Å²) in [5.41, 5.74) is 5.26. The summed E-state index contributed by atoms with van der Waals surface area (Å²) < 4.78 is 12.8. The average Bonchev–Trinajstić information content (AvgIpc) is 3.33. The number of aromatic nitrogens is 4. The topological polar surface area (TPSA) is 101 Å². The quantitative estimate of drug-likeness (QED) is 0.327. The van der Waals surface area contributed by atoms with E-state index in [2.05, 4.69) is 38.5 Å². The summed E-state index contributed by atoms with van der Waals surface area (Å²) in [6, 6.07) is 14.1. The number of aryl methyl sites for hydroxylation is 1. The number of nitriles is 1. The molecule has 4 rings (SSSR count). The molecule has 2 aromatic heterocycles. The Hall–Kier alpha value is -4.16. The molecule has 4 aromatic rings. The second kappa shape index (κ2) is 11.3. The maximum atomic E-state index is 8.75. The van der Waals surface area contributed by atoms with Crippen LogP contribution in [0, 0.1) is 11.3 Å². The lowest BCUT2D eigenvalue weighted by Crippen LogP contribution is -2.24. The van der Waals surface area contributed by atoms with Gasteiger partial charge in [-0.2, -0.15) is 10.4 Å².